The molecule has 0 spiro atoms. The highest BCUT2D eigenvalue weighted by Crippen LogP contribution is 2.21. The summed E-state index contributed by atoms with van der Waals surface area (Å²) in [4.78, 5) is 0. The largest absolute Gasteiger partial charge is 0.314 e. The van der Waals surface area contributed by atoms with Gasteiger partial charge in [-0.1, -0.05) is 22.0 Å². The third-order valence-corrected chi connectivity index (χ3v) is 2.90. The number of rotatable bonds is 2. The zero-order valence-corrected chi connectivity index (χ0v) is 9.72. The predicted octanol–water partition coefficient (Wildman–Crippen LogP) is 2.89. The maximum Gasteiger partial charge on any atom is 0.0486 e. The van der Waals surface area contributed by atoms with Gasteiger partial charge in [0, 0.05) is 18.1 Å². The third-order valence-electron chi connectivity index (χ3n) is 2.08. The molecule has 1 N–H and O–H groups in total. The monoisotopic (exact) mass is 243 g/mol. The summed E-state index contributed by atoms with van der Waals surface area (Å²) in [5.74, 6) is 0. The van der Waals surface area contributed by atoms with Crippen molar-refractivity contribution in [1.29, 1.82) is 0 Å². The van der Waals surface area contributed by atoms with Crippen molar-refractivity contribution in [3.63, 3.8) is 0 Å². The van der Waals surface area contributed by atoms with Crippen LogP contribution in [0.3, 0.4) is 0 Å². The number of hydrogen-bond donors (Lipinski definition) is 1. The molecular formula is C10H14BrNO. The average molecular weight is 244 g/mol. The van der Waals surface area contributed by atoms with Crippen molar-refractivity contribution in [2.24, 2.45) is 0 Å². The van der Waals surface area contributed by atoms with Gasteiger partial charge in [-0.3, -0.25) is 0 Å². The second-order valence-electron chi connectivity index (χ2n) is 3.34. The molecule has 1 rings (SSSR count). The van der Waals surface area contributed by atoms with Crippen molar-refractivity contribution in [1.82, 2.24) is 5.06 Å². The Kier molecular flexibility index (Phi) is 3.47. The molecule has 13 heavy (non-hydrogen) atoms. The first-order valence-electron chi connectivity index (χ1n) is 4.16. The molecule has 0 bridgehead atoms. The zero-order valence-electron chi connectivity index (χ0n) is 8.13. The molecule has 1 aromatic rings. The van der Waals surface area contributed by atoms with Crippen LogP contribution in [0.5, 0.6) is 0 Å². The van der Waals surface area contributed by atoms with Gasteiger partial charge in [0.15, 0.2) is 0 Å². The van der Waals surface area contributed by atoms with Gasteiger partial charge in [0.1, 0.15) is 0 Å². The van der Waals surface area contributed by atoms with Gasteiger partial charge < -0.3 is 5.21 Å². The number of hydrogen-bond acceptors (Lipinski definition) is 2. The first-order chi connectivity index (χ1) is 6.00. The van der Waals surface area contributed by atoms with E-state index in [0.717, 1.165) is 10.0 Å². The Balaban J connectivity index is 2.99. The molecular weight excluding hydrogens is 230 g/mol. The Morgan fingerprint density at radius 1 is 1.38 bits per heavy atom. The van der Waals surface area contributed by atoms with Crippen molar-refractivity contribution in [3.05, 3.63) is 33.3 Å². The first-order valence-corrected chi connectivity index (χ1v) is 4.95. The molecule has 1 aromatic carbocycles. The van der Waals surface area contributed by atoms with E-state index in [9.17, 15) is 0 Å². The Bertz CT molecular complexity index is 287. The van der Waals surface area contributed by atoms with Crippen molar-refractivity contribution >= 4 is 15.9 Å². The van der Waals surface area contributed by atoms with Crippen molar-refractivity contribution < 1.29 is 5.21 Å². The van der Waals surface area contributed by atoms with E-state index < -0.39 is 0 Å². The maximum absolute atomic E-state index is 9.07. The molecule has 0 saturated heterocycles. The normalized spacial score (nSPS) is 10.9. The molecule has 0 aromatic heterocycles. The van der Waals surface area contributed by atoms with Crippen molar-refractivity contribution in [3.8, 4) is 0 Å². The lowest BCUT2D eigenvalue weighted by molar-refractivity contribution is -0.0731. The SMILES string of the molecule is Cc1cc(CN(C)O)cc(Br)c1C. The molecule has 0 amide bonds. The second-order valence-corrected chi connectivity index (χ2v) is 4.19. The molecule has 0 heterocycles. The first kappa shape index (κ1) is 10.7. The highest BCUT2D eigenvalue weighted by Gasteiger charge is 2.03. The summed E-state index contributed by atoms with van der Waals surface area (Å²) in [6.45, 7) is 4.70. The lowest BCUT2D eigenvalue weighted by atomic mass is 10.1. The minimum atomic E-state index is 0.555. The molecule has 0 fully saturated rings. The summed E-state index contributed by atoms with van der Waals surface area (Å²) in [7, 11) is 1.64. The highest BCUT2D eigenvalue weighted by atomic mass is 79.9. The van der Waals surface area contributed by atoms with Gasteiger partial charge in [0.25, 0.3) is 0 Å². The fourth-order valence-corrected chi connectivity index (χ4v) is 1.85. The van der Waals surface area contributed by atoms with Gasteiger partial charge in [-0.15, -0.1) is 0 Å². The quantitative estimate of drug-likeness (QED) is 0.808. The van der Waals surface area contributed by atoms with Gasteiger partial charge in [0.05, 0.1) is 0 Å². The van der Waals surface area contributed by atoms with Crippen LogP contribution in [0.2, 0.25) is 0 Å². The van der Waals surface area contributed by atoms with E-state index in [1.807, 2.05) is 6.07 Å². The smallest absolute Gasteiger partial charge is 0.0486 e. The van der Waals surface area contributed by atoms with Gasteiger partial charge in [0.2, 0.25) is 0 Å². The molecule has 0 atom stereocenters. The standard InChI is InChI=1S/C10H14BrNO/c1-7-4-9(6-12(3)13)5-10(11)8(7)2/h4-5,13H,6H2,1-3H3. The molecule has 0 saturated carbocycles. The minimum absolute atomic E-state index is 0.555. The lowest BCUT2D eigenvalue weighted by Gasteiger charge is -2.11. The van der Waals surface area contributed by atoms with Gasteiger partial charge in [-0.25, -0.2) is 0 Å². The van der Waals surface area contributed by atoms with Crippen LogP contribution < -0.4 is 0 Å². The van der Waals surface area contributed by atoms with Crippen LogP contribution in [0.15, 0.2) is 16.6 Å². The van der Waals surface area contributed by atoms with Crippen LogP contribution in [-0.4, -0.2) is 17.3 Å². The molecule has 0 aliphatic carbocycles. The topological polar surface area (TPSA) is 23.5 Å². The van der Waals surface area contributed by atoms with Crippen LogP contribution in [0.4, 0.5) is 0 Å². The molecule has 0 aliphatic heterocycles. The molecule has 72 valence electrons. The zero-order chi connectivity index (χ0) is 10.0. The van der Waals surface area contributed by atoms with Crippen LogP contribution in [0, 0.1) is 13.8 Å². The van der Waals surface area contributed by atoms with E-state index in [4.69, 9.17) is 5.21 Å². The molecule has 0 aliphatic rings. The number of benzene rings is 1. The molecule has 0 unspecified atom stereocenters. The number of aryl methyl sites for hydroxylation is 1. The van der Waals surface area contributed by atoms with Crippen molar-refractivity contribution in [2.45, 2.75) is 20.4 Å². The minimum Gasteiger partial charge on any atom is -0.314 e. The Labute approximate surface area is 87.3 Å². The van der Waals surface area contributed by atoms with Crippen LogP contribution >= 0.6 is 15.9 Å². The van der Waals surface area contributed by atoms with Crippen LogP contribution in [-0.2, 0) is 6.54 Å². The van der Waals surface area contributed by atoms with Gasteiger partial charge >= 0.3 is 0 Å². The van der Waals surface area contributed by atoms with Gasteiger partial charge in [-0.05, 0) is 36.6 Å². The highest BCUT2D eigenvalue weighted by molar-refractivity contribution is 9.10. The molecule has 2 nitrogen and oxygen atoms in total. The Hall–Kier alpha value is -0.380. The average Bonchev–Trinajstić information content (AvgIpc) is 1.98. The summed E-state index contributed by atoms with van der Waals surface area (Å²) in [5.41, 5.74) is 3.61. The second kappa shape index (κ2) is 4.22. The van der Waals surface area contributed by atoms with Crippen molar-refractivity contribution in [2.75, 3.05) is 7.05 Å². The maximum atomic E-state index is 9.07. The van der Waals surface area contributed by atoms with E-state index in [2.05, 4.69) is 35.8 Å². The number of nitrogens with zero attached hydrogens (tertiary/aromatic N) is 1. The van der Waals surface area contributed by atoms with E-state index in [0.29, 0.717) is 6.54 Å². The Morgan fingerprint density at radius 2 is 2.00 bits per heavy atom. The fraction of sp³-hybridized carbons (Fsp3) is 0.400. The van der Waals surface area contributed by atoms with Crippen LogP contribution in [0.1, 0.15) is 16.7 Å². The lowest BCUT2D eigenvalue weighted by Crippen LogP contribution is -2.11. The van der Waals surface area contributed by atoms with Gasteiger partial charge in [-0.2, -0.15) is 5.06 Å². The van der Waals surface area contributed by atoms with E-state index in [1.165, 1.54) is 16.2 Å². The number of halogens is 1. The number of hydroxylamine groups is 2. The summed E-state index contributed by atoms with van der Waals surface area (Å²) < 4.78 is 1.10. The summed E-state index contributed by atoms with van der Waals surface area (Å²) in [5, 5.41) is 10.3. The summed E-state index contributed by atoms with van der Waals surface area (Å²) in [6.07, 6.45) is 0. The fourth-order valence-electron chi connectivity index (χ4n) is 1.24. The van der Waals surface area contributed by atoms with E-state index in [1.54, 1.807) is 7.05 Å². The van der Waals surface area contributed by atoms with E-state index in [-0.39, 0.29) is 0 Å². The van der Waals surface area contributed by atoms with E-state index >= 15 is 0 Å². The third kappa shape index (κ3) is 2.79. The molecule has 3 heteroatoms. The summed E-state index contributed by atoms with van der Waals surface area (Å²) >= 11 is 3.49. The Morgan fingerprint density at radius 3 is 2.46 bits per heavy atom. The molecule has 0 radical (unpaired) electrons. The predicted molar refractivity (Wildman–Crippen MR) is 56.9 cm³/mol. The van der Waals surface area contributed by atoms with Crippen LogP contribution in [0.25, 0.3) is 0 Å². The summed E-state index contributed by atoms with van der Waals surface area (Å²) in [6, 6.07) is 4.13.